The summed E-state index contributed by atoms with van der Waals surface area (Å²) in [4.78, 5) is 14.6. The minimum atomic E-state index is -3.03. The van der Waals surface area contributed by atoms with Gasteiger partial charge in [-0.15, -0.1) is 0 Å². The number of guanidine groups is 1. The van der Waals surface area contributed by atoms with Crippen molar-refractivity contribution in [2.45, 2.75) is 25.8 Å². The minimum Gasteiger partial charge on any atom is -0.357 e. The molecular formula is C23H29N5O2S. The Hall–Kier alpha value is -3.13. The van der Waals surface area contributed by atoms with Crippen LogP contribution in [-0.4, -0.2) is 49.1 Å². The van der Waals surface area contributed by atoms with Crippen LogP contribution in [0.1, 0.15) is 23.9 Å². The summed E-state index contributed by atoms with van der Waals surface area (Å²) in [7, 11) is -1.06. The van der Waals surface area contributed by atoms with Crippen LogP contribution < -0.4 is 5.32 Å². The van der Waals surface area contributed by atoms with E-state index in [9.17, 15) is 8.42 Å². The predicted molar refractivity (Wildman–Crippen MR) is 125 cm³/mol. The number of benzene rings is 2. The van der Waals surface area contributed by atoms with E-state index in [0.29, 0.717) is 13.1 Å². The zero-order valence-corrected chi connectivity index (χ0v) is 19.0. The second kappa shape index (κ2) is 10.3. The van der Waals surface area contributed by atoms with E-state index in [0.717, 1.165) is 40.7 Å². The maximum absolute atomic E-state index is 11.4. The summed E-state index contributed by atoms with van der Waals surface area (Å²) in [6, 6.07) is 17.6. The second-order valence-corrected chi connectivity index (χ2v) is 9.66. The van der Waals surface area contributed by atoms with E-state index in [1.54, 1.807) is 0 Å². The highest BCUT2D eigenvalue weighted by molar-refractivity contribution is 7.89. The molecule has 31 heavy (non-hydrogen) atoms. The van der Waals surface area contributed by atoms with E-state index in [2.05, 4.69) is 15.3 Å². The number of nitrogens with one attached hydrogen (secondary N) is 2. The molecule has 0 atom stereocenters. The van der Waals surface area contributed by atoms with Crippen LogP contribution >= 0.6 is 0 Å². The number of aliphatic imine (C=N–C) groups is 1. The summed E-state index contributed by atoms with van der Waals surface area (Å²) in [5.41, 5.74) is 3.89. The number of H-pyrrole nitrogens is 1. The van der Waals surface area contributed by atoms with Crippen molar-refractivity contribution >= 4 is 15.8 Å². The van der Waals surface area contributed by atoms with Crippen LogP contribution in [0.2, 0.25) is 0 Å². The van der Waals surface area contributed by atoms with Crippen molar-refractivity contribution in [3.63, 3.8) is 0 Å². The average Bonchev–Trinajstić information content (AvgIpc) is 3.20. The van der Waals surface area contributed by atoms with Gasteiger partial charge in [0.2, 0.25) is 0 Å². The zero-order valence-electron chi connectivity index (χ0n) is 18.2. The van der Waals surface area contributed by atoms with Gasteiger partial charge in [-0.1, -0.05) is 54.6 Å². The van der Waals surface area contributed by atoms with Crippen LogP contribution in [0.4, 0.5) is 0 Å². The molecule has 8 heteroatoms. The SMILES string of the molecule is CCNC(=NCc1ccc(CS(C)(=O)=O)cc1)N(C)Cc1ncc(-c2ccccc2)[nH]1. The molecule has 3 rings (SSSR count). The lowest BCUT2D eigenvalue weighted by atomic mass is 10.1. The van der Waals surface area contributed by atoms with Gasteiger partial charge in [0.05, 0.1) is 30.7 Å². The van der Waals surface area contributed by atoms with Gasteiger partial charge in [-0.25, -0.2) is 18.4 Å². The molecule has 2 aromatic carbocycles. The van der Waals surface area contributed by atoms with Crippen LogP contribution in [0.25, 0.3) is 11.3 Å². The van der Waals surface area contributed by atoms with E-state index in [-0.39, 0.29) is 5.75 Å². The average molecular weight is 440 g/mol. The van der Waals surface area contributed by atoms with Crippen molar-refractivity contribution in [2.24, 2.45) is 4.99 Å². The molecule has 0 aliphatic heterocycles. The first kappa shape index (κ1) is 22.6. The third-order valence-electron chi connectivity index (χ3n) is 4.66. The highest BCUT2D eigenvalue weighted by Gasteiger charge is 2.10. The van der Waals surface area contributed by atoms with Gasteiger partial charge in [-0.2, -0.15) is 0 Å². The van der Waals surface area contributed by atoms with E-state index in [1.807, 2.05) is 79.7 Å². The van der Waals surface area contributed by atoms with Crippen LogP contribution in [0.3, 0.4) is 0 Å². The largest absolute Gasteiger partial charge is 0.357 e. The lowest BCUT2D eigenvalue weighted by Gasteiger charge is -2.21. The Morgan fingerprint density at radius 1 is 1.10 bits per heavy atom. The maximum Gasteiger partial charge on any atom is 0.194 e. The Balaban J connectivity index is 1.65. The molecule has 0 saturated heterocycles. The Morgan fingerprint density at radius 2 is 1.77 bits per heavy atom. The van der Waals surface area contributed by atoms with Crippen molar-refractivity contribution in [3.8, 4) is 11.3 Å². The van der Waals surface area contributed by atoms with E-state index >= 15 is 0 Å². The number of imidazole rings is 1. The smallest absolute Gasteiger partial charge is 0.194 e. The van der Waals surface area contributed by atoms with Gasteiger partial charge in [0.15, 0.2) is 15.8 Å². The summed E-state index contributed by atoms with van der Waals surface area (Å²) in [5, 5.41) is 3.31. The fourth-order valence-corrected chi connectivity index (χ4v) is 3.98. The Bertz CT molecular complexity index is 1110. The first-order valence-electron chi connectivity index (χ1n) is 10.2. The summed E-state index contributed by atoms with van der Waals surface area (Å²) < 4.78 is 22.9. The number of hydrogen-bond acceptors (Lipinski definition) is 4. The number of aromatic amines is 1. The molecule has 0 bridgehead atoms. The first-order valence-corrected chi connectivity index (χ1v) is 12.2. The molecule has 0 unspecified atom stereocenters. The van der Waals surface area contributed by atoms with Crippen molar-refractivity contribution in [1.29, 1.82) is 0 Å². The predicted octanol–water partition coefficient (Wildman–Crippen LogP) is 3.22. The molecular weight excluding hydrogens is 410 g/mol. The molecule has 0 fully saturated rings. The molecule has 1 heterocycles. The Morgan fingerprint density at radius 3 is 2.42 bits per heavy atom. The summed E-state index contributed by atoms with van der Waals surface area (Å²) >= 11 is 0. The lowest BCUT2D eigenvalue weighted by Crippen LogP contribution is -2.38. The normalized spacial score (nSPS) is 12.0. The molecule has 0 amide bonds. The van der Waals surface area contributed by atoms with Crippen molar-refractivity contribution in [2.75, 3.05) is 19.8 Å². The van der Waals surface area contributed by atoms with Crippen LogP contribution in [0, 0.1) is 0 Å². The van der Waals surface area contributed by atoms with Gasteiger partial charge in [0.25, 0.3) is 0 Å². The van der Waals surface area contributed by atoms with Gasteiger partial charge in [-0.05, 0) is 23.6 Å². The van der Waals surface area contributed by atoms with Gasteiger partial charge < -0.3 is 15.2 Å². The summed E-state index contributed by atoms with van der Waals surface area (Å²) in [6.45, 7) is 3.87. The Labute approximate surface area is 184 Å². The lowest BCUT2D eigenvalue weighted by molar-refractivity contribution is 0.464. The molecule has 0 aliphatic carbocycles. The summed E-state index contributed by atoms with van der Waals surface area (Å²) in [5.74, 6) is 1.69. The molecule has 3 aromatic rings. The monoisotopic (exact) mass is 439 g/mol. The van der Waals surface area contributed by atoms with Crippen molar-refractivity contribution in [3.05, 3.63) is 77.7 Å². The van der Waals surface area contributed by atoms with Gasteiger partial charge in [0.1, 0.15) is 5.82 Å². The second-order valence-electron chi connectivity index (χ2n) is 7.52. The van der Waals surface area contributed by atoms with Gasteiger partial charge in [-0.3, -0.25) is 0 Å². The fourth-order valence-electron chi connectivity index (χ4n) is 3.19. The van der Waals surface area contributed by atoms with Gasteiger partial charge in [0, 0.05) is 19.8 Å². The standard InChI is InChI=1S/C23H29N5O2S/c1-4-24-23(26-14-18-10-12-19(13-11-18)17-31(3,29)30)28(2)16-22-25-15-21(27-22)20-8-6-5-7-9-20/h5-13,15H,4,14,16-17H2,1-3H3,(H,24,26)(H,25,27). The zero-order chi connectivity index (χ0) is 22.3. The highest BCUT2D eigenvalue weighted by atomic mass is 32.2. The van der Waals surface area contributed by atoms with E-state index in [1.165, 1.54) is 6.26 Å². The van der Waals surface area contributed by atoms with Crippen LogP contribution in [0.15, 0.2) is 65.8 Å². The minimum absolute atomic E-state index is 0.0516. The van der Waals surface area contributed by atoms with Crippen LogP contribution in [0.5, 0.6) is 0 Å². The Kier molecular flexibility index (Phi) is 7.46. The number of nitrogens with zero attached hydrogens (tertiary/aromatic N) is 3. The molecule has 0 radical (unpaired) electrons. The van der Waals surface area contributed by atoms with Gasteiger partial charge >= 0.3 is 0 Å². The third kappa shape index (κ3) is 6.96. The number of hydrogen-bond donors (Lipinski definition) is 2. The quantitative estimate of drug-likeness (QED) is 0.415. The molecule has 2 N–H and O–H groups in total. The summed E-state index contributed by atoms with van der Waals surface area (Å²) in [6.07, 6.45) is 3.09. The number of sulfone groups is 1. The molecule has 0 saturated carbocycles. The molecule has 1 aromatic heterocycles. The molecule has 0 aliphatic rings. The highest BCUT2D eigenvalue weighted by Crippen LogP contribution is 2.16. The number of rotatable bonds is 8. The molecule has 164 valence electrons. The van der Waals surface area contributed by atoms with E-state index < -0.39 is 9.84 Å². The number of aromatic nitrogens is 2. The molecule has 7 nitrogen and oxygen atoms in total. The van der Waals surface area contributed by atoms with Crippen molar-refractivity contribution in [1.82, 2.24) is 20.2 Å². The molecule has 0 spiro atoms. The maximum atomic E-state index is 11.4. The topological polar surface area (TPSA) is 90.4 Å². The first-order chi connectivity index (χ1) is 14.8. The van der Waals surface area contributed by atoms with Crippen molar-refractivity contribution < 1.29 is 8.42 Å². The fraction of sp³-hybridized carbons (Fsp3) is 0.304. The van der Waals surface area contributed by atoms with Crippen LogP contribution in [-0.2, 0) is 28.7 Å². The van der Waals surface area contributed by atoms with E-state index in [4.69, 9.17) is 4.99 Å². The third-order valence-corrected chi connectivity index (χ3v) is 5.52.